The number of aromatic nitrogens is 1. The number of alkyl halides is 2. The van der Waals surface area contributed by atoms with Crippen molar-refractivity contribution < 1.29 is 41.0 Å². The van der Waals surface area contributed by atoms with E-state index in [0.717, 1.165) is 17.1 Å². The van der Waals surface area contributed by atoms with Crippen LogP contribution in [0.4, 0.5) is 14.5 Å². The third-order valence-corrected chi connectivity index (χ3v) is 11.1. The number of carbonyl (C=O) groups is 2. The molecule has 2 fully saturated rings. The Morgan fingerprint density at radius 3 is 2.51 bits per heavy atom. The third kappa shape index (κ3) is 7.18. The predicted molar refractivity (Wildman–Crippen MR) is 169 cm³/mol. The van der Waals surface area contributed by atoms with Gasteiger partial charge in [0.25, 0.3) is 0 Å². The normalized spacial score (nSPS) is 18.8. The lowest BCUT2D eigenvalue weighted by Gasteiger charge is -2.26. The molecule has 1 aliphatic carbocycles. The molecule has 2 aliphatic heterocycles. The maximum atomic E-state index is 13.9. The molecule has 2 atom stereocenters. The molecule has 0 radical (unpaired) electrons. The van der Waals surface area contributed by atoms with Crippen LogP contribution < -0.4 is 14.4 Å². The van der Waals surface area contributed by atoms with Gasteiger partial charge in [-0.3, -0.25) is 14.6 Å². The SMILES string of the molecule is CN1C(=O)Cc2cc(S(=O)(=O)N3CCC[C@H]3C(=O)O[C@@H](Cc3c(Cl)cncc3Cl)c3ccc(OC(F)F)c(OCC4CC4)c3)ccc21. The Hall–Kier alpha value is -3.52. The van der Waals surface area contributed by atoms with Gasteiger partial charge in [0.15, 0.2) is 11.5 Å². The second-order valence-corrected chi connectivity index (χ2v) is 14.4. The van der Waals surface area contributed by atoms with Gasteiger partial charge in [-0.1, -0.05) is 29.3 Å². The quantitative estimate of drug-likeness (QED) is 0.211. The van der Waals surface area contributed by atoms with E-state index in [1.54, 1.807) is 13.1 Å². The zero-order valence-electron chi connectivity index (χ0n) is 25.2. The lowest BCUT2D eigenvalue weighted by Crippen LogP contribution is -2.41. The number of anilines is 1. The molecule has 1 saturated carbocycles. The van der Waals surface area contributed by atoms with Gasteiger partial charge < -0.3 is 19.1 Å². The van der Waals surface area contributed by atoms with E-state index in [1.165, 1.54) is 47.6 Å². The summed E-state index contributed by atoms with van der Waals surface area (Å²) in [5.41, 5.74) is 2.01. The first-order chi connectivity index (χ1) is 22.4. The van der Waals surface area contributed by atoms with Gasteiger partial charge in [-0.15, -0.1) is 0 Å². The molecule has 15 heteroatoms. The van der Waals surface area contributed by atoms with Crippen LogP contribution in [0.1, 0.15) is 48.5 Å². The lowest BCUT2D eigenvalue weighted by molar-refractivity contribution is -0.153. The average molecular weight is 711 g/mol. The van der Waals surface area contributed by atoms with Crippen LogP contribution >= 0.6 is 23.2 Å². The minimum Gasteiger partial charge on any atom is -0.489 e. The number of halogens is 4. The Balaban J connectivity index is 1.30. The number of nitrogens with zero attached hydrogens (tertiary/aromatic N) is 3. The summed E-state index contributed by atoms with van der Waals surface area (Å²) in [5.74, 6) is -0.768. The van der Waals surface area contributed by atoms with Gasteiger partial charge >= 0.3 is 12.6 Å². The molecule has 47 heavy (non-hydrogen) atoms. The van der Waals surface area contributed by atoms with Gasteiger partial charge in [-0.2, -0.15) is 13.1 Å². The first-order valence-corrected chi connectivity index (χ1v) is 17.2. The van der Waals surface area contributed by atoms with Crippen LogP contribution in [0.25, 0.3) is 0 Å². The van der Waals surface area contributed by atoms with E-state index in [-0.39, 0.29) is 58.2 Å². The number of hydrogen-bond donors (Lipinski definition) is 0. The van der Waals surface area contributed by atoms with Gasteiger partial charge in [0.05, 0.1) is 28.0 Å². The topological polar surface area (TPSA) is 115 Å². The minimum absolute atomic E-state index is 0.0296. The fourth-order valence-electron chi connectivity index (χ4n) is 5.79. The first kappa shape index (κ1) is 33.4. The summed E-state index contributed by atoms with van der Waals surface area (Å²) in [6, 6.07) is 7.57. The monoisotopic (exact) mass is 709 g/mol. The number of ether oxygens (including phenoxy) is 3. The summed E-state index contributed by atoms with van der Waals surface area (Å²) in [6.45, 7) is -2.70. The molecule has 1 aromatic heterocycles. The first-order valence-electron chi connectivity index (χ1n) is 15.0. The van der Waals surface area contributed by atoms with Crippen LogP contribution in [0.15, 0.2) is 53.7 Å². The molecule has 1 amide bonds. The second-order valence-electron chi connectivity index (χ2n) is 11.7. The van der Waals surface area contributed by atoms with E-state index < -0.39 is 34.7 Å². The number of fused-ring (bicyclic) bond motifs is 1. The van der Waals surface area contributed by atoms with Crippen molar-refractivity contribution in [3.05, 3.63) is 75.5 Å². The second kappa shape index (κ2) is 13.5. The van der Waals surface area contributed by atoms with Crippen LogP contribution in [-0.4, -0.2) is 62.4 Å². The zero-order chi connectivity index (χ0) is 33.5. The molecule has 1 saturated heterocycles. The number of benzene rings is 2. The van der Waals surface area contributed by atoms with Crippen molar-refractivity contribution >= 4 is 50.8 Å². The number of amides is 1. The molecule has 0 N–H and O–H groups in total. The number of pyridine rings is 1. The molecule has 250 valence electrons. The fourth-order valence-corrected chi connectivity index (χ4v) is 8.01. The van der Waals surface area contributed by atoms with E-state index in [4.69, 9.17) is 32.7 Å². The van der Waals surface area contributed by atoms with Crippen LogP contribution in [0.2, 0.25) is 10.0 Å². The Morgan fingerprint density at radius 1 is 1.06 bits per heavy atom. The summed E-state index contributed by atoms with van der Waals surface area (Å²) >= 11 is 12.8. The molecule has 0 bridgehead atoms. The van der Waals surface area contributed by atoms with Gasteiger partial charge in [-0.25, -0.2) is 8.42 Å². The number of rotatable bonds is 12. The molecule has 0 spiro atoms. The van der Waals surface area contributed by atoms with Gasteiger partial charge in [0, 0.05) is 38.1 Å². The van der Waals surface area contributed by atoms with E-state index in [1.807, 2.05) is 0 Å². The zero-order valence-corrected chi connectivity index (χ0v) is 27.5. The third-order valence-electron chi connectivity index (χ3n) is 8.54. The van der Waals surface area contributed by atoms with Crippen molar-refractivity contribution in [2.45, 2.75) is 62.2 Å². The average Bonchev–Trinajstić information content (AvgIpc) is 3.63. The Bertz CT molecular complexity index is 1790. The molecule has 2 aromatic carbocycles. The fraction of sp³-hybridized carbons (Fsp3) is 0.406. The van der Waals surface area contributed by atoms with Crippen LogP contribution in [-0.2, 0) is 37.2 Å². The summed E-state index contributed by atoms with van der Waals surface area (Å²) in [4.78, 5) is 31.4. The maximum absolute atomic E-state index is 13.9. The van der Waals surface area contributed by atoms with Gasteiger partial charge in [0.1, 0.15) is 12.1 Å². The molecule has 0 unspecified atom stereocenters. The van der Waals surface area contributed by atoms with E-state index >= 15 is 0 Å². The molecule has 10 nitrogen and oxygen atoms in total. The molecular formula is C32H31Cl2F2N3O7S. The molecule has 3 aromatic rings. The van der Waals surface area contributed by atoms with Gasteiger partial charge in [-0.05, 0) is 78.6 Å². The van der Waals surface area contributed by atoms with E-state index in [9.17, 15) is 26.8 Å². The molecule has 3 aliphatic rings. The van der Waals surface area contributed by atoms with Crippen molar-refractivity contribution in [1.29, 1.82) is 0 Å². The van der Waals surface area contributed by atoms with Crippen LogP contribution in [0.3, 0.4) is 0 Å². The number of sulfonamides is 1. The highest BCUT2D eigenvalue weighted by molar-refractivity contribution is 7.89. The smallest absolute Gasteiger partial charge is 0.387 e. The highest BCUT2D eigenvalue weighted by atomic mass is 35.5. The Morgan fingerprint density at radius 2 is 1.81 bits per heavy atom. The van der Waals surface area contributed by atoms with Crippen LogP contribution in [0, 0.1) is 5.92 Å². The standard InChI is InChI=1S/C32H31Cl2F2N3O7S/c1-38-25-8-7-21(11-20(25)13-30(38)40)47(42,43)39-10-2-3-26(39)31(41)45-28(14-22-23(33)15-37-16-24(22)34)19-6-9-27(46-32(35)36)29(12-19)44-17-18-4-5-18/h6-9,11-12,15-16,18,26,28,32H,2-5,10,13-14,17H2,1H3/t26-,28-/m0/s1. The van der Waals surface area contributed by atoms with E-state index in [2.05, 4.69) is 9.72 Å². The molecule has 3 heterocycles. The van der Waals surface area contributed by atoms with Crippen molar-refractivity contribution in [3.8, 4) is 11.5 Å². The van der Waals surface area contributed by atoms with Crippen LogP contribution in [0.5, 0.6) is 11.5 Å². The summed E-state index contributed by atoms with van der Waals surface area (Å²) in [6.07, 6.45) is 4.30. The summed E-state index contributed by atoms with van der Waals surface area (Å²) < 4.78 is 71.7. The Labute approximate surface area is 280 Å². The highest BCUT2D eigenvalue weighted by Crippen LogP contribution is 2.39. The van der Waals surface area contributed by atoms with Crippen molar-refractivity contribution in [1.82, 2.24) is 9.29 Å². The molecular weight excluding hydrogens is 679 g/mol. The highest BCUT2D eigenvalue weighted by Gasteiger charge is 2.42. The Kier molecular flexibility index (Phi) is 9.62. The van der Waals surface area contributed by atoms with Crippen molar-refractivity contribution in [3.63, 3.8) is 0 Å². The maximum Gasteiger partial charge on any atom is 0.387 e. The van der Waals surface area contributed by atoms with Crippen molar-refractivity contribution in [2.75, 3.05) is 25.1 Å². The molecule has 6 rings (SSSR count). The number of esters is 1. The number of carbonyl (C=O) groups excluding carboxylic acids is 2. The summed E-state index contributed by atoms with van der Waals surface area (Å²) in [7, 11) is -2.53. The van der Waals surface area contributed by atoms with Crippen molar-refractivity contribution in [2.24, 2.45) is 5.92 Å². The number of likely N-dealkylation sites (N-methyl/N-ethyl adjacent to an activating group) is 1. The largest absolute Gasteiger partial charge is 0.489 e. The number of hydrogen-bond acceptors (Lipinski definition) is 8. The summed E-state index contributed by atoms with van der Waals surface area (Å²) in [5, 5.41) is 0.430. The van der Waals surface area contributed by atoms with E-state index in [0.29, 0.717) is 41.3 Å². The predicted octanol–water partition coefficient (Wildman–Crippen LogP) is 5.98. The lowest BCUT2D eigenvalue weighted by atomic mass is 10.0. The van der Waals surface area contributed by atoms with Gasteiger partial charge in [0.2, 0.25) is 15.9 Å². The minimum atomic E-state index is -4.15.